The van der Waals surface area contributed by atoms with E-state index in [0.717, 1.165) is 12.8 Å². The molecule has 0 spiro atoms. The molecule has 9 heteroatoms. The molecule has 2 fully saturated rings. The number of ether oxygens (including phenoxy) is 1. The Morgan fingerprint density at radius 2 is 2.00 bits per heavy atom. The van der Waals surface area contributed by atoms with Crippen molar-refractivity contribution in [2.24, 2.45) is 5.92 Å². The van der Waals surface area contributed by atoms with E-state index in [0.29, 0.717) is 6.42 Å². The predicted molar refractivity (Wildman–Crippen MR) is 73.4 cm³/mol. The maximum absolute atomic E-state index is 12.2. The predicted octanol–water partition coefficient (Wildman–Crippen LogP) is -0.141. The molecule has 3 N–H and O–H groups in total. The highest BCUT2D eigenvalue weighted by Gasteiger charge is 2.53. The number of hydrogen-bond acceptors (Lipinski definition) is 7. The second-order valence-electron chi connectivity index (χ2n) is 5.71. The summed E-state index contributed by atoms with van der Waals surface area (Å²) < 4.78 is 10.1. The zero-order chi connectivity index (χ0) is 15.8. The largest absolute Gasteiger partial charge is 0.479 e. The van der Waals surface area contributed by atoms with Gasteiger partial charge in [0.1, 0.15) is 18.7 Å². The lowest BCUT2D eigenvalue weighted by Gasteiger charge is -2.40. The van der Waals surface area contributed by atoms with Gasteiger partial charge in [0, 0.05) is 12.1 Å². The van der Waals surface area contributed by atoms with E-state index < -0.39 is 38.5 Å². The second kappa shape index (κ2) is 6.14. The Kier molecular flexibility index (Phi) is 4.85. The molecule has 21 heavy (non-hydrogen) atoms. The molecule has 120 valence electrons. The van der Waals surface area contributed by atoms with Crippen LogP contribution in [0.3, 0.4) is 0 Å². The van der Waals surface area contributed by atoms with Crippen molar-refractivity contribution in [1.82, 2.24) is 4.90 Å². The second-order valence-corrected chi connectivity index (χ2v) is 7.59. The number of rotatable bonds is 5. The van der Waals surface area contributed by atoms with E-state index in [4.69, 9.17) is 14.4 Å². The lowest BCUT2D eigenvalue weighted by molar-refractivity contribution is -0.164. The molecule has 0 saturated carbocycles. The number of hydrogen-bond donors (Lipinski definition) is 3. The van der Waals surface area contributed by atoms with Crippen molar-refractivity contribution in [2.45, 2.75) is 37.5 Å². The van der Waals surface area contributed by atoms with Gasteiger partial charge >= 0.3 is 19.9 Å². The van der Waals surface area contributed by atoms with Crippen LogP contribution in [0.15, 0.2) is 0 Å². The zero-order valence-corrected chi connectivity index (χ0v) is 12.9. The van der Waals surface area contributed by atoms with Gasteiger partial charge in [0.05, 0.1) is 0 Å². The number of piperidine rings is 1. The normalized spacial score (nSPS) is 33.0. The molecule has 2 rings (SSSR count). The van der Waals surface area contributed by atoms with Crippen LogP contribution >= 0.6 is 7.94 Å². The maximum Gasteiger partial charge on any atom is 0.403 e. The number of esters is 1. The van der Waals surface area contributed by atoms with Gasteiger partial charge in [-0.1, -0.05) is 0 Å². The van der Waals surface area contributed by atoms with Crippen LogP contribution in [0.2, 0.25) is 0 Å². The highest BCUT2D eigenvalue weighted by molar-refractivity contribution is 7.58. The summed E-state index contributed by atoms with van der Waals surface area (Å²) >= 11 is 0. The van der Waals surface area contributed by atoms with Gasteiger partial charge in [0.2, 0.25) is 0 Å². The Bertz CT molecular complexity index is 424. The Balaban J connectivity index is 2.14. The summed E-state index contributed by atoms with van der Waals surface area (Å²) in [6.07, 6.45) is 1.51. The van der Waals surface area contributed by atoms with Crippen molar-refractivity contribution < 1.29 is 33.7 Å². The van der Waals surface area contributed by atoms with Gasteiger partial charge in [-0.25, -0.2) is 4.79 Å². The summed E-state index contributed by atoms with van der Waals surface area (Å²) in [7, 11) is -1.58. The van der Waals surface area contributed by atoms with E-state index in [1.54, 1.807) is 0 Å². The number of nitrogens with zero attached hydrogens (tertiary/aromatic N) is 1. The van der Waals surface area contributed by atoms with E-state index in [9.17, 15) is 19.4 Å². The average Bonchev–Trinajstić information content (AvgIpc) is 2.59. The smallest absolute Gasteiger partial charge is 0.403 e. The highest BCUT2D eigenvalue weighted by Crippen LogP contribution is 2.52. The minimum atomic E-state index is -3.49. The van der Waals surface area contributed by atoms with Crippen molar-refractivity contribution in [3.8, 4) is 0 Å². The molecule has 2 heterocycles. The minimum Gasteiger partial charge on any atom is -0.479 e. The summed E-state index contributed by atoms with van der Waals surface area (Å²) in [5.41, 5.74) is 0. The van der Waals surface area contributed by atoms with E-state index in [-0.39, 0.29) is 12.1 Å². The van der Waals surface area contributed by atoms with Crippen molar-refractivity contribution in [2.75, 3.05) is 20.3 Å². The average molecular weight is 322 g/mol. The zero-order valence-electron chi connectivity index (χ0n) is 12.0. The number of carboxylic acids is 1. The summed E-state index contributed by atoms with van der Waals surface area (Å²) in [4.78, 5) is 43.8. The summed E-state index contributed by atoms with van der Waals surface area (Å²) in [6.45, 7) is 0.486. The molecule has 2 aliphatic heterocycles. The number of fused-ring (bicyclic) bond motifs is 2. The lowest BCUT2D eigenvalue weighted by atomic mass is 9.88. The SMILES string of the molecule is CN1C2CCC1[C@@H](C(=O)OCC(=O)O)[C@@H](O[P+](C)(O)O)C2. The van der Waals surface area contributed by atoms with Gasteiger partial charge in [0.25, 0.3) is 0 Å². The molecule has 2 aliphatic rings. The van der Waals surface area contributed by atoms with Gasteiger partial charge in [0.15, 0.2) is 6.61 Å². The molecule has 0 radical (unpaired) electrons. The molecular weight excluding hydrogens is 301 g/mol. The third-order valence-electron chi connectivity index (χ3n) is 4.16. The van der Waals surface area contributed by atoms with Crippen LogP contribution in [-0.2, 0) is 18.8 Å². The third kappa shape index (κ3) is 3.90. The van der Waals surface area contributed by atoms with Crippen LogP contribution in [0, 0.1) is 5.92 Å². The molecule has 4 atom stereocenters. The van der Waals surface area contributed by atoms with Crippen LogP contribution in [0.25, 0.3) is 0 Å². The van der Waals surface area contributed by atoms with Crippen LogP contribution in [0.5, 0.6) is 0 Å². The standard InChI is InChI=1S/C12H20NO7P/c1-13-7-3-4-8(13)11(12(16)19-6-10(14)15)9(5-7)20-21(2,17)18/h7-9,11,17-18H,3-6H2,1-2H3/p+1/t7?,8?,9-,11+/m0/s1. The van der Waals surface area contributed by atoms with Crippen molar-refractivity contribution in [1.29, 1.82) is 0 Å². The van der Waals surface area contributed by atoms with Crippen molar-refractivity contribution in [3.63, 3.8) is 0 Å². The highest BCUT2D eigenvalue weighted by atomic mass is 31.2. The summed E-state index contributed by atoms with van der Waals surface area (Å²) in [5, 5.41) is 8.60. The molecule has 2 unspecified atom stereocenters. The van der Waals surface area contributed by atoms with Crippen molar-refractivity contribution >= 4 is 19.9 Å². The topological polar surface area (TPSA) is 117 Å². The molecular formula is C12H21NO7P+. The number of carboxylic acid groups (broad SMARTS) is 1. The van der Waals surface area contributed by atoms with Gasteiger partial charge in [-0.2, -0.15) is 14.3 Å². The van der Waals surface area contributed by atoms with Gasteiger partial charge < -0.3 is 9.84 Å². The molecule has 2 saturated heterocycles. The van der Waals surface area contributed by atoms with E-state index in [2.05, 4.69) is 4.90 Å². The minimum absolute atomic E-state index is 0.124. The summed E-state index contributed by atoms with van der Waals surface area (Å²) in [5.74, 6) is -2.59. The Hall–Kier alpha value is -0.790. The van der Waals surface area contributed by atoms with E-state index in [1.165, 1.54) is 6.66 Å². The lowest BCUT2D eigenvalue weighted by Crippen LogP contribution is -2.53. The first-order valence-electron chi connectivity index (χ1n) is 6.80. The molecule has 0 aromatic carbocycles. The van der Waals surface area contributed by atoms with Crippen LogP contribution in [0.1, 0.15) is 19.3 Å². The first-order valence-corrected chi connectivity index (χ1v) is 8.86. The van der Waals surface area contributed by atoms with Crippen LogP contribution < -0.4 is 0 Å². The third-order valence-corrected chi connectivity index (χ3v) is 4.83. The Labute approximate surface area is 123 Å². The fourth-order valence-corrected chi connectivity index (χ4v) is 4.05. The van der Waals surface area contributed by atoms with Gasteiger partial charge in [-0.05, 0) is 26.3 Å². The Morgan fingerprint density at radius 3 is 2.57 bits per heavy atom. The van der Waals surface area contributed by atoms with Gasteiger partial charge in [-0.15, -0.1) is 0 Å². The summed E-state index contributed by atoms with van der Waals surface area (Å²) in [6, 6.07) is 0.108. The number of carbonyl (C=O) groups excluding carboxylic acids is 1. The quantitative estimate of drug-likeness (QED) is 0.473. The maximum atomic E-state index is 12.2. The molecule has 0 aromatic rings. The fraction of sp³-hybridized carbons (Fsp3) is 0.833. The first kappa shape index (κ1) is 16.6. The molecule has 0 aromatic heterocycles. The fourth-order valence-electron chi connectivity index (χ4n) is 3.32. The Morgan fingerprint density at radius 1 is 1.33 bits per heavy atom. The van der Waals surface area contributed by atoms with Gasteiger partial charge in [-0.3, -0.25) is 9.69 Å². The molecule has 0 amide bonds. The van der Waals surface area contributed by atoms with Crippen LogP contribution in [0.4, 0.5) is 0 Å². The van der Waals surface area contributed by atoms with E-state index in [1.807, 2.05) is 7.05 Å². The van der Waals surface area contributed by atoms with Crippen LogP contribution in [-0.4, -0.2) is 70.2 Å². The number of aliphatic carboxylic acids is 1. The molecule has 2 bridgehead atoms. The first-order chi connectivity index (χ1) is 9.69. The number of carbonyl (C=O) groups is 2. The van der Waals surface area contributed by atoms with Crippen molar-refractivity contribution in [3.05, 3.63) is 0 Å². The molecule has 8 nitrogen and oxygen atoms in total. The monoisotopic (exact) mass is 322 g/mol. The molecule has 0 aliphatic carbocycles. The van der Waals surface area contributed by atoms with E-state index >= 15 is 0 Å².